The first-order valence-corrected chi connectivity index (χ1v) is 27.8. The Hall–Kier alpha value is -6.60. The van der Waals surface area contributed by atoms with Gasteiger partial charge >= 0.3 is 11.9 Å². The van der Waals surface area contributed by atoms with E-state index in [-0.39, 0.29) is 57.2 Å². The molecule has 24 heteroatoms. The summed E-state index contributed by atoms with van der Waals surface area (Å²) < 4.78 is 5.15. The van der Waals surface area contributed by atoms with E-state index < -0.39 is 84.8 Å². The summed E-state index contributed by atoms with van der Waals surface area (Å²) in [5, 5.41) is 39.6. The SMILES string of the molecule is NC(N)=NCCC[C@@H]1NC(=O)[C@H](CCCCCC(=S)Cc2ccc(CC3CN4CCCN(CC(=O)O)CCN(CCCN(COC=O)CC4)C3)cc2)NC(=O)[C@@H](Cc2ccc(O)cc2)CC(=O)[C@H](CC(=O)O)NC(=O)CNC1=O. The fourth-order valence-electron chi connectivity index (χ4n) is 10.4. The van der Waals surface area contributed by atoms with Crippen LogP contribution in [0.25, 0.3) is 0 Å². The first-order valence-electron chi connectivity index (χ1n) is 27.4. The van der Waals surface area contributed by atoms with E-state index in [0.717, 1.165) is 82.0 Å². The molecule has 0 radical (unpaired) electrons. The van der Waals surface area contributed by atoms with Crippen molar-refractivity contribution in [3.63, 3.8) is 0 Å². The van der Waals surface area contributed by atoms with Gasteiger partial charge in [-0.1, -0.05) is 61.5 Å². The number of hydrogen-bond acceptors (Lipinski definition) is 16. The number of phenolic OH excluding ortho intramolecular Hbond substituents is 1. The predicted molar refractivity (Wildman–Crippen MR) is 299 cm³/mol. The molecule has 0 spiro atoms. The van der Waals surface area contributed by atoms with Crippen LogP contribution >= 0.6 is 12.2 Å². The highest BCUT2D eigenvalue weighted by Gasteiger charge is 2.34. The van der Waals surface area contributed by atoms with E-state index in [2.05, 4.69) is 65.2 Å². The van der Waals surface area contributed by atoms with E-state index in [4.69, 9.17) is 28.4 Å². The van der Waals surface area contributed by atoms with Crippen molar-refractivity contribution >= 4 is 70.9 Å². The number of aliphatic imine (C=N–C) groups is 1. The maximum Gasteiger partial charge on any atom is 0.317 e. The summed E-state index contributed by atoms with van der Waals surface area (Å²) in [6.07, 6.45) is 4.82. The number of rotatable bonds is 23. The van der Waals surface area contributed by atoms with Crippen molar-refractivity contribution in [1.82, 2.24) is 40.9 Å². The van der Waals surface area contributed by atoms with Crippen LogP contribution in [0, 0.1) is 11.8 Å². The number of carbonyl (C=O) groups is 8. The van der Waals surface area contributed by atoms with Crippen molar-refractivity contribution in [3.8, 4) is 5.75 Å². The molecule has 79 heavy (non-hydrogen) atoms. The number of Topliss-reactive ketones (excluding diaryl/α,β-unsaturated/α-hetero) is 1. The number of amides is 4. The molecule has 3 aliphatic heterocycles. The summed E-state index contributed by atoms with van der Waals surface area (Å²) in [6.45, 7) is 8.18. The molecule has 11 N–H and O–H groups in total. The van der Waals surface area contributed by atoms with Crippen molar-refractivity contribution in [2.24, 2.45) is 28.3 Å². The van der Waals surface area contributed by atoms with Gasteiger partial charge in [0.1, 0.15) is 24.6 Å². The summed E-state index contributed by atoms with van der Waals surface area (Å²) in [7, 11) is 0. The molecule has 23 nitrogen and oxygen atoms in total. The van der Waals surface area contributed by atoms with Gasteiger partial charge in [0.25, 0.3) is 6.47 Å². The van der Waals surface area contributed by atoms with Gasteiger partial charge in [-0.25, -0.2) is 0 Å². The number of nitrogens with two attached hydrogens (primary N) is 2. The van der Waals surface area contributed by atoms with Crippen molar-refractivity contribution < 1.29 is 58.4 Å². The van der Waals surface area contributed by atoms with Crippen LogP contribution in [0.1, 0.15) is 87.3 Å². The second-order valence-electron chi connectivity index (χ2n) is 20.9. The fraction of sp³-hybridized carbons (Fsp3) is 0.600. The van der Waals surface area contributed by atoms with Crippen molar-refractivity contribution in [2.75, 3.05) is 91.8 Å². The largest absolute Gasteiger partial charge is 0.508 e. The number of carbonyl (C=O) groups excluding carboxylic acids is 6. The van der Waals surface area contributed by atoms with Gasteiger partial charge in [0, 0.05) is 77.7 Å². The van der Waals surface area contributed by atoms with Crippen LogP contribution in [-0.4, -0.2) is 204 Å². The number of thiocarbonyl (C=S) groups is 1. The molecular weight excluding hydrogens is 1040 g/mol. The molecule has 0 saturated carbocycles. The molecule has 0 aromatic heterocycles. The lowest BCUT2D eigenvalue weighted by molar-refractivity contribution is -0.141. The topological polar surface area (TPSA) is 332 Å². The molecule has 2 bridgehead atoms. The lowest BCUT2D eigenvalue weighted by Gasteiger charge is -2.31. The van der Waals surface area contributed by atoms with Crippen LogP contribution in [0.2, 0.25) is 0 Å². The zero-order chi connectivity index (χ0) is 57.1. The predicted octanol–water partition coefficient (Wildman–Crippen LogP) is 0.575. The van der Waals surface area contributed by atoms with E-state index in [9.17, 15) is 53.7 Å². The number of aliphatic carboxylic acids is 2. The van der Waals surface area contributed by atoms with E-state index in [1.165, 1.54) is 17.7 Å². The Labute approximate surface area is 467 Å². The Kier molecular flexibility index (Phi) is 27.0. The maximum atomic E-state index is 14.3. The van der Waals surface area contributed by atoms with E-state index >= 15 is 0 Å². The Balaban J connectivity index is 1.23. The molecule has 0 aliphatic carbocycles. The molecule has 2 aromatic carbocycles. The number of fused-ring (bicyclic) bond motifs is 4. The molecule has 5 rings (SSSR count). The second kappa shape index (κ2) is 33.7. The molecule has 434 valence electrons. The quantitative estimate of drug-likeness (QED) is 0.0242. The summed E-state index contributed by atoms with van der Waals surface area (Å²) in [6, 6.07) is 10.7. The van der Waals surface area contributed by atoms with Gasteiger partial charge in [0.05, 0.1) is 25.6 Å². The average molecular weight is 1120 g/mol. The molecular formula is C55H81N11O12S. The highest BCUT2D eigenvalue weighted by atomic mass is 32.1. The number of carboxylic acid groups (broad SMARTS) is 2. The number of nitrogens with one attached hydrogen (secondary N) is 4. The average Bonchev–Trinajstić information content (AvgIpc) is 3.45. The van der Waals surface area contributed by atoms with Crippen LogP contribution in [0.5, 0.6) is 5.75 Å². The first-order chi connectivity index (χ1) is 37.9. The van der Waals surface area contributed by atoms with Crippen LogP contribution in [-0.2, 0) is 62.4 Å². The summed E-state index contributed by atoms with van der Waals surface area (Å²) in [5.41, 5.74) is 13.8. The monoisotopic (exact) mass is 1120 g/mol. The Morgan fingerprint density at radius 3 is 1.96 bits per heavy atom. The third-order valence-corrected chi connectivity index (χ3v) is 14.8. The summed E-state index contributed by atoms with van der Waals surface area (Å²) >= 11 is 5.88. The highest BCUT2D eigenvalue weighted by Crippen LogP contribution is 2.21. The minimum Gasteiger partial charge on any atom is -0.508 e. The molecule has 3 heterocycles. The summed E-state index contributed by atoms with van der Waals surface area (Å²) in [5.74, 6) is -6.84. The van der Waals surface area contributed by atoms with Crippen LogP contribution in [0.4, 0.5) is 0 Å². The standard InChI is InChI=1S/C55H81N11O12S/c56-55(57)58-18-4-9-45-53(76)59-32-49(70)60-47(31-50(71)72)48(69)30-42(28-39-14-16-43(68)17-15-39)52(75)61-46(54(77)62-45)8-3-1-2-7-44(79)29-40-12-10-38(11-13-40)27-41-33-63-20-6-22-66(36-78-37-67)26-25-64(34-41)19-5-21-65(24-23-63)35-51(73)74/h10-17,37,41-42,45-47,68H,1-9,18-36H2,(H,59,76)(H,60,70)(H,61,75)(H,62,77)(H,71,72)(H,73,74)(H4,56,57,58)/t41?,42-,45-,46-,47-/m0/s1. The molecule has 2 aromatic rings. The number of unbranched alkanes of at least 4 members (excludes halogenated alkanes) is 2. The third-order valence-electron chi connectivity index (χ3n) is 14.5. The van der Waals surface area contributed by atoms with Gasteiger partial charge < -0.3 is 62.6 Å². The molecule has 3 aliphatic rings. The van der Waals surface area contributed by atoms with E-state index in [1.807, 2.05) is 4.90 Å². The minimum atomic E-state index is -1.52. The number of aromatic hydroxyl groups is 1. The number of guanidine groups is 1. The lowest BCUT2D eigenvalue weighted by Crippen LogP contribution is -2.55. The molecule has 3 saturated heterocycles. The molecule has 3 unspecified atom stereocenters. The van der Waals surface area contributed by atoms with Gasteiger partial charge in [0.15, 0.2) is 11.7 Å². The lowest BCUT2D eigenvalue weighted by atomic mass is 9.90. The number of benzene rings is 2. The normalized spacial score (nSPS) is 23.7. The van der Waals surface area contributed by atoms with E-state index in [1.54, 1.807) is 12.1 Å². The minimum absolute atomic E-state index is 0.0188. The number of phenols is 1. The highest BCUT2D eigenvalue weighted by molar-refractivity contribution is 7.80. The number of ether oxygens (including phenoxy) is 1. The maximum absolute atomic E-state index is 14.3. The fourth-order valence-corrected chi connectivity index (χ4v) is 10.7. The number of carboxylic acids is 2. The summed E-state index contributed by atoms with van der Waals surface area (Å²) in [4.78, 5) is 117. The first kappa shape index (κ1) is 63.2. The Morgan fingerprint density at radius 1 is 0.696 bits per heavy atom. The molecule has 7 atom stereocenters. The van der Waals surface area contributed by atoms with Crippen molar-refractivity contribution in [3.05, 3.63) is 65.2 Å². The Morgan fingerprint density at radius 2 is 1.30 bits per heavy atom. The van der Waals surface area contributed by atoms with Gasteiger partial charge in [-0.3, -0.25) is 53.1 Å². The van der Waals surface area contributed by atoms with Gasteiger partial charge in [0.2, 0.25) is 23.6 Å². The number of nitrogens with zero attached hydrogens (tertiary/aromatic N) is 5. The zero-order valence-corrected chi connectivity index (χ0v) is 46.0. The Bertz CT molecular complexity index is 2380. The smallest absolute Gasteiger partial charge is 0.317 e. The van der Waals surface area contributed by atoms with Crippen LogP contribution < -0.4 is 32.7 Å². The van der Waals surface area contributed by atoms with Gasteiger partial charge in [-0.15, -0.1) is 0 Å². The third kappa shape index (κ3) is 24.1. The zero-order valence-electron chi connectivity index (χ0n) is 45.2. The van der Waals surface area contributed by atoms with Crippen molar-refractivity contribution in [1.29, 1.82) is 0 Å². The second-order valence-corrected chi connectivity index (χ2v) is 21.5. The number of ketones is 1. The van der Waals surface area contributed by atoms with Crippen molar-refractivity contribution in [2.45, 2.75) is 108 Å². The van der Waals surface area contributed by atoms with Gasteiger partial charge in [-0.05, 0) is 110 Å². The molecule has 4 amide bonds. The van der Waals surface area contributed by atoms with Gasteiger partial charge in [-0.2, -0.15) is 0 Å². The number of hydrogen-bond donors (Lipinski definition) is 9. The van der Waals surface area contributed by atoms with Crippen LogP contribution in [0.3, 0.4) is 0 Å². The molecule has 3 fully saturated rings. The van der Waals surface area contributed by atoms with Crippen LogP contribution in [0.15, 0.2) is 53.5 Å². The van der Waals surface area contributed by atoms with E-state index in [0.29, 0.717) is 63.1 Å².